The number of aromatic amines is 1. The van der Waals surface area contributed by atoms with Crippen molar-refractivity contribution in [2.75, 3.05) is 11.9 Å². The van der Waals surface area contributed by atoms with Crippen molar-refractivity contribution in [2.45, 2.75) is 23.7 Å². The van der Waals surface area contributed by atoms with Gasteiger partial charge in [-0.15, -0.1) is 0 Å². The maximum absolute atomic E-state index is 13.1. The monoisotopic (exact) mass is 364 g/mol. The average Bonchev–Trinajstić information content (AvgIpc) is 3.24. The van der Waals surface area contributed by atoms with E-state index in [9.17, 15) is 4.79 Å². The maximum atomic E-state index is 13.1. The van der Waals surface area contributed by atoms with Gasteiger partial charge in [-0.05, 0) is 18.6 Å². The Bertz CT molecular complexity index is 966. The standard InChI is InChI=1S/C20H20N4OS/c1-2-12-21-13-15-18(14-8-4-3-5-9-14)23-24(19(15)25)20-22-16-10-6-7-11-17(16)26-20/h3-11,13,20,22-23H,2,12H2,1H3/t20-/m1/s1. The van der Waals surface area contributed by atoms with E-state index in [1.54, 1.807) is 22.7 Å². The molecule has 6 heteroatoms. The molecule has 0 spiro atoms. The Kier molecular flexibility index (Phi) is 4.67. The first-order chi connectivity index (χ1) is 12.8. The molecule has 1 aliphatic heterocycles. The first-order valence-electron chi connectivity index (χ1n) is 8.70. The minimum absolute atomic E-state index is 0.0680. The van der Waals surface area contributed by atoms with Gasteiger partial charge in [-0.2, -0.15) is 0 Å². The van der Waals surface area contributed by atoms with Gasteiger partial charge in [-0.25, -0.2) is 4.68 Å². The van der Waals surface area contributed by atoms with E-state index in [0.29, 0.717) is 12.1 Å². The fraction of sp³-hybridized carbons (Fsp3) is 0.200. The molecular weight excluding hydrogens is 344 g/mol. The number of thioether (sulfide) groups is 1. The van der Waals surface area contributed by atoms with Crippen molar-refractivity contribution in [3.05, 3.63) is 70.5 Å². The van der Waals surface area contributed by atoms with Crippen LogP contribution in [0.5, 0.6) is 0 Å². The molecule has 0 unspecified atom stereocenters. The second kappa shape index (κ2) is 7.25. The number of aromatic nitrogens is 2. The van der Waals surface area contributed by atoms with Crippen LogP contribution >= 0.6 is 11.8 Å². The fourth-order valence-electron chi connectivity index (χ4n) is 2.95. The van der Waals surface area contributed by atoms with Crippen molar-refractivity contribution >= 4 is 23.7 Å². The zero-order valence-corrected chi connectivity index (χ0v) is 15.3. The molecule has 1 aromatic heterocycles. The lowest BCUT2D eigenvalue weighted by Gasteiger charge is -2.11. The highest BCUT2D eigenvalue weighted by Gasteiger charge is 2.26. The van der Waals surface area contributed by atoms with E-state index in [4.69, 9.17) is 0 Å². The lowest BCUT2D eigenvalue weighted by Crippen LogP contribution is -2.25. The van der Waals surface area contributed by atoms with E-state index in [1.807, 2.05) is 48.5 Å². The molecule has 0 fully saturated rings. The molecule has 0 aliphatic carbocycles. The summed E-state index contributed by atoms with van der Waals surface area (Å²) in [5.74, 6) is 0. The summed E-state index contributed by atoms with van der Waals surface area (Å²) in [6.45, 7) is 2.78. The lowest BCUT2D eigenvalue weighted by atomic mass is 10.1. The summed E-state index contributed by atoms with van der Waals surface area (Å²) >= 11 is 1.63. The van der Waals surface area contributed by atoms with Crippen molar-refractivity contribution in [3.8, 4) is 11.3 Å². The number of hydrogen-bond acceptors (Lipinski definition) is 4. The van der Waals surface area contributed by atoms with Gasteiger partial charge in [-0.1, -0.05) is 61.2 Å². The van der Waals surface area contributed by atoms with Gasteiger partial charge in [0, 0.05) is 23.2 Å². The van der Waals surface area contributed by atoms with Gasteiger partial charge >= 0.3 is 0 Å². The van der Waals surface area contributed by atoms with Crippen molar-refractivity contribution in [1.29, 1.82) is 0 Å². The Hall–Kier alpha value is -2.73. The van der Waals surface area contributed by atoms with Gasteiger partial charge < -0.3 is 5.32 Å². The summed E-state index contributed by atoms with van der Waals surface area (Å²) in [6.07, 6.45) is 2.65. The minimum atomic E-state index is -0.198. The zero-order chi connectivity index (χ0) is 17.9. The van der Waals surface area contributed by atoms with Gasteiger partial charge in [0.15, 0.2) is 5.50 Å². The van der Waals surface area contributed by atoms with Crippen LogP contribution in [0.25, 0.3) is 11.3 Å². The second-order valence-electron chi connectivity index (χ2n) is 6.09. The molecule has 0 amide bonds. The third-order valence-corrected chi connectivity index (χ3v) is 5.39. The molecule has 0 saturated carbocycles. The Labute approximate surface area is 156 Å². The molecular formula is C20H20N4OS. The van der Waals surface area contributed by atoms with Crippen LogP contribution in [-0.4, -0.2) is 22.5 Å². The van der Waals surface area contributed by atoms with Gasteiger partial charge in [0.2, 0.25) is 0 Å². The first-order valence-corrected chi connectivity index (χ1v) is 9.58. The highest BCUT2D eigenvalue weighted by Crippen LogP contribution is 2.43. The summed E-state index contributed by atoms with van der Waals surface area (Å²) in [4.78, 5) is 18.6. The molecule has 3 aromatic rings. The Balaban J connectivity index is 1.76. The summed E-state index contributed by atoms with van der Waals surface area (Å²) < 4.78 is 1.65. The van der Waals surface area contributed by atoms with Crippen LogP contribution < -0.4 is 10.9 Å². The fourth-order valence-corrected chi connectivity index (χ4v) is 4.04. The average molecular weight is 364 g/mol. The van der Waals surface area contributed by atoms with Crippen molar-refractivity contribution in [1.82, 2.24) is 9.78 Å². The number of hydrogen-bond donors (Lipinski definition) is 2. The van der Waals surface area contributed by atoms with Crippen LogP contribution in [0.4, 0.5) is 5.69 Å². The summed E-state index contributed by atoms with van der Waals surface area (Å²) in [7, 11) is 0. The van der Waals surface area contributed by atoms with Crippen molar-refractivity contribution < 1.29 is 0 Å². The number of rotatable bonds is 5. The van der Waals surface area contributed by atoms with E-state index < -0.39 is 0 Å². The normalized spacial score (nSPS) is 16.0. The van der Waals surface area contributed by atoms with Gasteiger partial charge in [-0.3, -0.25) is 14.9 Å². The molecule has 1 aliphatic rings. The topological polar surface area (TPSA) is 62.2 Å². The third kappa shape index (κ3) is 3.08. The van der Waals surface area contributed by atoms with E-state index in [-0.39, 0.29) is 11.1 Å². The van der Waals surface area contributed by atoms with Gasteiger partial charge in [0.25, 0.3) is 5.56 Å². The number of anilines is 1. The Morgan fingerprint density at radius 3 is 2.69 bits per heavy atom. The van der Waals surface area contributed by atoms with E-state index in [1.165, 1.54) is 0 Å². The summed E-state index contributed by atoms with van der Waals surface area (Å²) in [6, 6.07) is 18.0. The molecule has 132 valence electrons. The third-order valence-electron chi connectivity index (χ3n) is 4.23. The molecule has 1 atom stereocenters. The van der Waals surface area contributed by atoms with Crippen LogP contribution in [0.1, 0.15) is 24.4 Å². The van der Waals surface area contributed by atoms with E-state index in [2.05, 4.69) is 28.4 Å². The maximum Gasteiger partial charge on any atom is 0.278 e. The first kappa shape index (κ1) is 16.7. The van der Waals surface area contributed by atoms with Crippen LogP contribution in [0.2, 0.25) is 0 Å². The molecule has 0 bridgehead atoms. The number of nitrogens with one attached hydrogen (secondary N) is 2. The molecule has 2 aromatic carbocycles. The minimum Gasteiger partial charge on any atom is -0.354 e. The number of H-pyrrole nitrogens is 1. The van der Waals surface area contributed by atoms with Crippen molar-refractivity contribution in [3.63, 3.8) is 0 Å². The highest BCUT2D eigenvalue weighted by molar-refractivity contribution is 8.00. The van der Waals surface area contributed by atoms with Gasteiger partial charge in [0.05, 0.1) is 16.9 Å². The van der Waals surface area contributed by atoms with Crippen LogP contribution in [-0.2, 0) is 0 Å². The molecule has 0 saturated heterocycles. The van der Waals surface area contributed by atoms with Crippen molar-refractivity contribution in [2.24, 2.45) is 4.99 Å². The molecule has 26 heavy (non-hydrogen) atoms. The van der Waals surface area contributed by atoms with Crippen LogP contribution in [0.3, 0.4) is 0 Å². The molecule has 2 heterocycles. The zero-order valence-electron chi connectivity index (χ0n) is 14.5. The molecule has 0 radical (unpaired) electrons. The predicted octanol–water partition coefficient (Wildman–Crippen LogP) is 4.35. The lowest BCUT2D eigenvalue weighted by molar-refractivity contribution is 0.639. The smallest absolute Gasteiger partial charge is 0.278 e. The molecule has 2 N–H and O–H groups in total. The number of aliphatic imine (C=N–C) groups is 1. The largest absolute Gasteiger partial charge is 0.354 e. The molecule has 5 nitrogen and oxygen atoms in total. The Morgan fingerprint density at radius 1 is 1.15 bits per heavy atom. The van der Waals surface area contributed by atoms with Gasteiger partial charge in [0.1, 0.15) is 0 Å². The number of nitrogens with zero attached hydrogens (tertiary/aromatic N) is 2. The number of fused-ring (bicyclic) bond motifs is 1. The number of benzene rings is 2. The predicted molar refractivity (Wildman–Crippen MR) is 108 cm³/mol. The van der Waals surface area contributed by atoms with E-state index >= 15 is 0 Å². The summed E-state index contributed by atoms with van der Waals surface area (Å²) in [5.41, 5.74) is 3.15. The van der Waals surface area contributed by atoms with Crippen LogP contribution in [0.15, 0.2) is 69.3 Å². The quantitative estimate of drug-likeness (QED) is 0.662. The number of para-hydroxylation sites is 1. The highest BCUT2D eigenvalue weighted by atomic mass is 32.2. The van der Waals surface area contributed by atoms with E-state index in [0.717, 1.165) is 28.3 Å². The van der Waals surface area contributed by atoms with Crippen LogP contribution in [0, 0.1) is 0 Å². The molecule has 4 rings (SSSR count). The second-order valence-corrected chi connectivity index (χ2v) is 7.21. The SMILES string of the molecule is CCCN=Cc1c(-c2ccccc2)[nH]n([C@H]2Nc3ccccc3S2)c1=O. The summed E-state index contributed by atoms with van der Waals surface area (Å²) in [5, 5.41) is 6.70. The Morgan fingerprint density at radius 2 is 1.92 bits per heavy atom.